The number of anilines is 1. The molecule has 7 heteroatoms. The quantitative estimate of drug-likeness (QED) is 0.839. The molecule has 0 bridgehead atoms. The second-order valence-electron chi connectivity index (χ2n) is 4.45. The first-order valence-electron chi connectivity index (χ1n) is 5.39. The van der Waals surface area contributed by atoms with Gasteiger partial charge in [-0.3, -0.25) is 4.79 Å². The summed E-state index contributed by atoms with van der Waals surface area (Å²) in [5.74, 6) is -0.723. The van der Waals surface area contributed by atoms with E-state index in [1.54, 1.807) is 13.8 Å². The van der Waals surface area contributed by atoms with Crippen LogP contribution in [0.1, 0.15) is 35.5 Å². The van der Waals surface area contributed by atoms with E-state index in [1.807, 2.05) is 0 Å². The van der Waals surface area contributed by atoms with Crippen LogP contribution in [0.2, 0.25) is 0 Å². The molecule has 2 heterocycles. The number of rotatable bonds is 1. The molecule has 0 radical (unpaired) electrons. The summed E-state index contributed by atoms with van der Waals surface area (Å²) in [6.07, 6.45) is -4.60. The Balaban J connectivity index is 2.59. The zero-order chi connectivity index (χ0) is 13.7. The molecule has 0 unspecified atom stereocenters. The van der Waals surface area contributed by atoms with Crippen molar-refractivity contribution in [2.75, 3.05) is 5.73 Å². The number of halogens is 3. The third-order valence-corrected chi connectivity index (χ3v) is 2.86. The van der Waals surface area contributed by atoms with Crippen LogP contribution in [0.4, 0.5) is 19.0 Å². The van der Waals surface area contributed by atoms with Gasteiger partial charge in [0.2, 0.25) is 0 Å². The van der Waals surface area contributed by atoms with E-state index in [-0.39, 0.29) is 29.5 Å². The van der Waals surface area contributed by atoms with Crippen LogP contribution in [0.5, 0.6) is 0 Å². The Morgan fingerprint density at radius 2 is 2.06 bits per heavy atom. The molecule has 1 amide bonds. The van der Waals surface area contributed by atoms with Crippen molar-refractivity contribution in [3.8, 4) is 0 Å². The molecule has 0 spiro atoms. The van der Waals surface area contributed by atoms with Gasteiger partial charge in [-0.05, 0) is 19.9 Å². The molecule has 4 nitrogen and oxygen atoms in total. The Hall–Kier alpha value is -1.79. The SMILES string of the molecule is CC(C)N1Cc2c(cc(N)nc2C(F)(F)F)C1=O. The van der Waals surface area contributed by atoms with Gasteiger partial charge in [-0.2, -0.15) is 13.2 Å². The zero-order valence-electron chi connectivity index (χ0n) is 9.88. The number of fused-ring (bicyclic) bond motifs is 1. The molecule has 1 aliphatic rings. The van der Waals surface area contributed by atoms with Crippen LogP contribution in [0, 0.1) is 0 Å². The monoisotopic (exact) mass is 259 g/mol. The maximum absolute atomic E-state index is 12.8. The topological polar surface area (TPSA) is 59.2 Å². The van der Waals surface area contributed by atoms with Crippen molar-refractivity contribution in [3.63, 3.8) is 0 Å². The average Bonchev–Trinajstić information content (AvgIpc) is 2.54. The fraction of sp³-hybridized carbons (Fsp3) is 0.455. The van der Waals surface area contributed by atoms with Crippen LogP contribution in [0.25, 0.3) is 0 Å². The van der Waals surface area contributed by atoms with Crippen LogP contribution >= 0.6 is 0 Å². The van der Waals surface area contributed by atoms with Crippen LogP contribution < -0.4 is 5.73 Å². The number of hydrogen-bond acceptors (Lipinski definition) is 3. The normalized spacial score (nSPS) is 15.4. The highest BCUT2D eigenvalue weighted by Crippen LogP contribution is 2.37. The zero-order valence-corrected chi connectivity index (χ0v) is 9.88. The van der Waals surface area contributed by atoms with Crippen molar-refractivity contribution in [1.29, 1.82) is 0 Å². The molecular formula is C11H12F3N3O. The van der Waals surface area contributed by atoms with Crippen LogP contribution in [-0.4, -0.2) is 21.8 Å². The van der Waals surface area contributed by atoms with Gasteiger partial charge < -0.3 is 10.6 Å². The van der Waals surface area contributed by atoms with E-state index >= 15 is 0 Å². The van der Waals surface area contributed by atoms with Gasteiger partial charge in [0, 0.05) is 18.2 Å². The fourth-order valence-corrected chi connectivity index (χ4v) is 1.99. The second-order valence-corrected chi connectivity index (χ2v) is 4.45. The van der Waals surface area contributed by atoms with Crippen LogP contribution in [0.15, 0.2) is 6.07 Å². The Kier molecular flexibility index (Phi) is 2.71. The predicted molar refractivity (Wildman–Crippen MR) is 58.7 cm³/mol. The van der Waals surface area contributed by atoms with Gasteiger partial charge in [-0.15, -0.1) is 0 Å². The van der Waals surface area contributed by atoms with E-state index in [0.717, 1.165) is 0 Å². The molecule has 18 heavy (non-hydrogen) atoms. The highest BCUT2D eigenvalue weighted by molar-refractivity contribution is 5.99. The van der Waals surface area contributed by atoms with E-state index in [9.17, 15) is 18.0 Å². The smallest absolute Gasteiger partial charge is 0.384 e. The Morgan fingerprint density at radius 3 is 2.56 bits per heavy atom. The van der Waals surface area contributed by atoms with Gasteiger partial charge in [-0.25, -0.2) is 4.98 Å². The summed E-state index contributed by atoms with van der Waals surface area (Å²) in [5.41, 5.74) is 4.18. The molecule has 1 aliphatic heterocycles. The third-order valence-electron chi connectivity index (χ3n) is 2.86. The number of aromatic nitrogens is 1. The summed E-state index contributed by atoms with van der Waals surface area (Å²) >= 11 is 0. The first-order chi connectivity index (χ1) is 8.21. The van der Waals surface area contributed by atoms with E-state index in [2.05, 4.69) is 4.98 Å². The van der Waals surface area contributed by atoms with Gasteiger partial charge in [0.25, 0.3) is 5.91 Å². The molecule has 0 saturated carbocycles. The number of carbonyl (C=O) groups is 1. The molecule has 2 N–H and O–H groups in total. The molecule has 2 rings (SSSR count). The minimum atomic E-state index is -4.60. The number of nitrogen functional groups attached to an aromatic ring is 1. The van der Waals surface area contributed by atoms with Gasteiger partial charge in [0.15, 0.2) is 5.69 Å². The maximum Gasteiger partial charge on any atom is 0.433 e. The lowest BCUT2D eigenvalue weighted by molar-refractivity contribution is -0.141. The summed E-state index contributed by atoms with van der Waals surface area (Å²) < 4.78 is 38.5. The molecule has 0 saturated heterocycles. The molecular weight excluding hydrogens is 247 g/mol. The Labute approximate surface area is 102 Å². The number of pyridine rings is 1. The lowest BCUT2D eigenvalue weighted by Gasteiger charge is -2.20. The van der Waals surface area contributed by atoms with Crippen LogP contribution in [0.3, 0.4) is 0 Å². The molecule has 0 aromatic carbocycles. The number of hydrogen-bond donors (Lipinski definition) is 1. The summed E-state index contributed by atoms with van der Waals surface area (Å²) in [5, 5.41) is 0. The highest BCUT2D eigenvalue weighted by Gasteiger charge is 2.42. The minimum absolute atomic E-state index is 0.00326. The lowest BCUT2D eigenvalue weighted by atomic mass is 10.1. The van der Waals surface area contributed by atoms with E-state index < -0.39 is 17.8 Å². The summed E-state index contributed by atoms with van der Waals surface area (Å²) in [6.45, 7) is 3.41. The van der Waals surface area contributed by atoms with Crippen molar-refractivity contribution < 1.29 is 18.0 Å². The van der Waals surface area contributed by atoms with Crippen molar-refractivity contribution in [3.05, 3.63) is 22.9 Å². The minimum Gasteiger partial charge on any atom is -0.384 e. The molecule has 0 aliphatic carbocycles. The van der Waals surface area contributed by atoms with Gasteiger partial charge in [0.1, 0.15) is 5.82 Å². The summed E-state index contributed by atoms with van der Waals surface area (Å²) in [7, 11) is 0. The largest absolute Gasteiger partial charge is 0.433 e. The molecule has 0 atom stereocenters. The summed E-state index contributed by atoms with van der Waals surface area (Å²) in [6, 6.07) is 1.03. The Morgan fingerprint density at radius 1 is 1.44 bits per heavy atom. The number of carbonyl (C=O) groups excluding carboxylic acids is 1. The lowest BCUT2D eigenvalue weighted by Crippen LogP contribution is -2.30. The first kappa shape index (κ1) is 12.7. The molecule has 98 valence electrons. The van der Waals surface area contributed by atoms with Crippen molar-refractivity contribution >= 4 is 11.7 Å². The number of alkyl halides is 3. The van der Waals surface area contributed by atoms with Crippen molar-refractivity contribution in [2.45, 2.75) is 32.6 Å². The number of amides is 1. The molecule has 1 aromatic heterocycles. The fourth-order valence-electron chi connectivity index (χ4n) is 1.99. The summed E-state index contributed by atoms with van der Waals surface area (Å²) in [4.78, 5) is 16.6. The highest BCUT2D eigenvalue weighted by atomic mass is 19.4. The second kappa shape index (κ2) is 3.86. The molecule has 1 aromatic rings. The predicted octanol–water partition coefficient (Wildman–Crippen LogP) is 2.05. The standard InChI is InChI=1S/C11H12F3N3O/c1-5(2)17-4-7-6(10(17)18)3-8(15)16-9(7)11(12,13)14/h3,5H,4H2,1-2H3,(H2,15,16). The van der Waals surface area contributed by atoms with Gasteiger partial charge in [-0.1, -0.05) is 0 Å². The van der Waals surface area contributed by atoms with Gasteiger partial charge in [0.05, 0.1) is 5.56 Å². The Bertz CT molecular complexity index is 511. The van der Waals surface area contributed by atoms with E-state index in [1.165, 1.54) is 11.0 Å². The third kappa shape index (κ3) is 1.89. The average molecular weight is 259 g/mol. The maximum atomic E-state index is 12.8. The first-order valence-corrected chi connectivity index (χ1v) is 5.39. The van der Waals surface area contributed by atoms with Crippen molar-refractivity contribution in [2.24, 2.45) is 0 Å². The van der Waals surface area contributed by atoms with E-state index in [0.29, 0.717) is 0 Å². The number of nitrogens with zero attached hydrogens (tertiary/aromatic N) is 2. The van der Waals surface area contributed by atoms with Gasteiger partial charge >= 0.3 is 6.18 Å². The van der Waals surface area contributed by atoms with Crippen LogP contribution in [-0.2, 0) is 12.7 Å². The van der Waals surface area contributed by atoms with E-state index in [4.69, 9.17) is 5.73 Å². The number of nitrogens with two attached hydrogens (primary N) is 1. The van der Waals surface area contributed by atoms with Crippen molar-refractivity contribution in [1.82, 2.24) is 9.88 Å². The molecule has 0 fully saturated rings.